The Morgan fingerprint density at radius 2 is 2.09 bits per heavy atom. The van der Waals surface area contributed by atoms with Crippen LogP contribution in [0.1, 0.15) is 6.92 Å². The molecule has 1 aliphatic heterocycles. The van der Waals surface area contributed by atoms with E-state index in [-0.39, 0.29) is 6.04 Å². The van der Waals surface area contributed by atoms with Crippen LogP contribution in [0.4, 0.5) is 0 Å². The third-order valence-corrected chi connectivity index (χ3v) is 2.04. The van der Waals surface area contributed by atoms with Gasteiger partial charge >= 0.3 is 0 Å². The Morgan fingerprint density at radius 1 is 1.45 bits per heavy atom. The van der Waals surface area contributed by atoms with Crippen molar-refractivity contribution in [3.63, 3.8) is 0 Å². The Hall–Kier alpha value is -0.520. The molecule has 5 nitrogen and oxygen atoms in total. The van der Waals surface area contributed by atoms with E-state index >= 15 is 0 Å². The summed E-state index contributed by atoms with van der Waals surface area (Å²) in [5.74, 6) is 0. The zero-order valence-corrected chi connectivity index (χ0v) is 6.27. The van der Waals surface area contributed by atoms with E-state index in [1.54, 1.807) is 6.92 Å². The highest BCUT2D eigenvalue weighted by Crippen LogP contribution is 2.12. The van der Waals surface area contributed by atoms with Crippen LogP contribution in [0.25, 0.3) is 0 Å². The van der Waals surface area contributed by atoms with Gasteiger partial charge in [0.05, 0.1) is 6.10 Å². The van der Waals surface area contributed by atoms with E-state index < -0.39 is 18.2 Å². The van der Waals surface area contributed by atoms with Gasteiger partial charge in [0, 0.05) is 12.6 Å². The van der Waals surface area contributed by atoms with E-state index in [2.05, 4.69) is 10.5 Å². The second-order valence-corrected chi connectivity index (χ2v) is 2.85. The van der Waals surface area contributed by atoms with Crippen LogP contribution in [-0.2, 0) is 0 Å². The van der Waals surface area contributed by atoms with Crippen LogP contribution in [0.15, 0.2) is 5.18 Å². The van der Waals surface area contributed by atoms with Crippen molar-refractivity contribution < 1.29 is 10.2 Å². The van der Waals surface area contributed by atoms with Crippen molar-refractivity contribution in [1.82, 2.24) is 5.32 Å². The van der Waals surface area contributed by atoms with Gasteiger partial charge in [0.1, 0.15) is 12.1 Å². The minimum absolute atomic E-state index is 0.178. The number of piperidine rings is 1. The molecule has 0 radical (unpaired) electrons. The molecule has 0 aliphatic carbocycles. The van der Waals surface area contributed by atoms with Crippen molar-refractivity contribution in [3.8, 4) is 0 Å². The molecule has 0 aromatic rings. The molecule has 0 saturated carbocycles. The van der Waals surface area contributed by atoms with E-state index in [1.807, 2.05) is 0 Å². The molecule has 1 aliphatic rings. The van der Waals surface area contributed by atoms with Gasteiger partial charge in [-0.1, -0.05) is 5.18 Å². The molecule has 64 valence electrons. The van der Waals surface area contributed by atoms with Gasteiger partial charge in [0.2, 0.25) is 0 Å². The van der Waals surface area contributed by atoms with Crippen molar-refractivity contribution in [2.24, 2.45) is 5.18 Å². The number of nitrogens with zero attached hydrogens (tertiary/aromatic N) is 1. The molecule has 0 aromatic heterocycles. The minimum Gasteiger partial charge on any atom is -0.389 e. The summed E-state index contributed by atoms with van der Waals surface area (Å²) in [6.07, 6.45) is -1.92. The summed E-state index contributed by atoms with van der Waals surface area (Å²) in [5, 5.41) is 24.0. The van der Waals surface area contributed by atoms with Gasteiger partial charge in [0.25, 0.3) is 0 Å². The highest BCUT2D eigenvalue weighted by atomic mass is 16.3. The second kappa shape index (κ2) is 3.25. The van der Waals surface area contributed by atoms with E-state index in [9.17, 15) is 15.1 Å². The molecule has 0 amide bonds. The summed E-state index contributed by atoms with van der Waals surface area (Å²) < 4.78 is 0. The maximum Gasteiger partial charge on any atom is 0.133 e. The molecule has 0 spiro atoms. The topological polar surface area (TPSA) is 81.9 Å². The highest BCUT2D eigenvalue weighted by Gasteiger charge is 2.35. The number of aliphatic hydroxyl groups excluding tert-OH is 2. The lowest BCUT2D eigenvalue weighted by atomic mass is 9.96. The molecule has 3 N–H and O–H groups in total. The van der Waals surface area contributed by atoms with Gasteiger partial charge in [-0.05, 0) is 6.92 Å². The number of hydrogen-bond donors (Lipinski definition) is 3. The van der Waals surface area contributed by atoms with Crippen LogP contribution in [0.2, 0.25) is 0 Å². The van der Waals surface area contributed by atoms with E-state index in [0.29, 0.717) is 6.54 Å². The number of hydrogen-bond acceptors (Lipinski definition) is 5. The van der Waals surface area contributed by atoms with Crippen molar-refractivity contribution in [3.05, 3.63) is 4.91 Å². The quantitative estimate of drug-likeness (QED) is 0.422. The molecule has 0 bridgehead atoms. The Balaban J connectivity index is 2.58. The van der Waals surface area contributed by atoms with Gasteiger partial charge in [-0.25, -0.2) is 0 Å². The minimum atomic E-state index is -1.02. The second-order valence-electron chi connectivity index (χ2n) is 2.85. The number of nitrogens with one attached hydrogen (secondary N) is 1. The summed E-state index contributed by atoms with van der Waals surface area (Å²) in [7, 11) is 0. The van der Waals surface area contributed by atoms with Crippen LogP contribution in [0.3, 0.4) is 0 Å². The van der Waals surface area contributed by atoms with Gasteiger partial charge in [-0.3, -0.25) is 0 Å². The Morgan fingerprint density at radius 3 is 2.64 bits per heavy atom. The molecule has 4 atom stereocenters. The Bertz CT molecular complexity index is 153. The van der Waals surface area contributed by atoms with Crippen molar-refractivity contribution in [2.75, 3.05) is 6.54 Å². The lowest BCUT2D eigenvalue weighted by Crippen LogP contribution is -2.57. The Labute approximate surface area is 64.4 Å². The average molecular weight is 160 g/mol. The van der Waals surface area contributed by atoms with Crippen LogP contribution in [0.5, 0.6) is 0 Å². The molecule has 4 unspecified atom stereocenters. The number of aliphatic hydroxyl groups is 2. The van der Waals surface area contributed by atoms with Gasteiger partial charge in [0.15, 0.2) is 0 Å². The fourth-order valence-electron chi connectivity index (χ4n) is 1.17. The SMILES string of the molecule is CC1NCC(N=O)C(O)C1O. The lowest BCUT2D eigenvalue weighted by Gasteiger charge is -2.33. The molecule has 5 heteroatoms. The molecule has 1 saturated heterocycles. The van der Waals surface area contributed by atoms with Crippen LogP contribution >= 0.6 is 0 Å². The normalized spacial score (nSPS) is 45.4. The zero-order valence-electron chi connectivity index (χ0n) is 6.27. The first-order chi connectivity index (χ1) is 5.16. The van der Waals surface area contributed by atoms with Gasteiger partial charge in [-0.2, -0.15) is 4.91 Å². The molecule has 1 rings (SSSR count). The standard InChI is InChI=1S/C6H12N2O3/c1-3-5(9)6(10)4(8-11)2-7-3/h3-7,9-10H,2H2,1H3. The molecule has 1 heterocycles. The molecule has 0 aromatic carbocycles. The van der Waals surface area contributed by atoms with Gasteiger partial charge in [-0.15, -0.1) is 0 Å². The molecular formula is C6H12N2O3. The number of nitroso groups, excluding NO2 is 1. The predicted octanol–water partition coefficient (Wildman–Crippen LogP) is -1.17. The maximum absolute atomic E-state index is 10.1. The summed E-state index contributed by atoms with van der Waals surface area (Å²) >= 11 is 0. The highest BCUT2D eigenvalue weighted by molar-refractivity contribution is 4.93. The van der Waals surface area contributed by atoms with E-state index in [0.717, 1.165) is 0 Å². The van der Waals surface area contributed by atoms with Crippen LogP contribution in [-0.4, -0.2) is 41.0 Å². The third kappa shape index (κ3) is 1.55. The summed E-state index contributed by atoms with van der Waals surface area (Å²) in [4.78, 5) is 10.1. The fourth-order valence-corrected chi connectivity index (χ4v) is 1.17. The summed E-state index contributed by atoms with van der Waals surface area (Å²) in [5.41, 5.74) is 0. The van der Waals surface area contributed by atoms with Crippen molar-refractivity contribution in [2.45, 2.75) is 31.2 Å². The molecule has 11 heavy (non-hydrogen) atoms. The largest absolute Gasteiger partial charge is 0.389 e. The van der Waals surface area contributed by atoms with E-state index in [4.69, 9.17) is 0 Å². The first-order valence-electron chi connectivity index (χ1n) is 3.58. The smallest absolute Gasteiger partial charge is 0.133 e. The zero-order chi connectivity index (χ0) is 8.43. The van der Waals surface area contributed by atoms with E-state index in [1.165, 1.54) is 0 Å². The van der Waals surface area contributed by atoms with Crippen LogP contribution in [0, 0.1) is 4.91 Å². The van der Waals surface area contributed by atoms with Crippen LogP contribution < -0.4 is 5.32 Å². The lowest BCUT2D eigenvalue weighted by molar-refractivity contribution is -0.0327. The molecular weight excluding hydrogens is 148 g/mol. The summed E-state index contributed by atoms with van der Waals surface area (Å²) in [6.45, 7) is 2.08. The van der Waals surface area contributed by atoms with Crippen molar-refractivity contribution in [1.29, 1.82) is 0 Å². The van der Waals surface area contributed by atoms with Crippen molar-refractivity contribution >= 4 is 0 Å². The molecule has 1 fully saturated rings. The first kappa shape index (κ1) is 8.58. The Kier molecular flexibility index (Phi) is 2.53. The monoisotopic (exact) mass is 160 g/mol. The first-order valence-corrected chi connectivity index (χ1v) is 3.58. The van der Waals surface area contributed by atoms with Gasteiger partial charge < -0.3 is 15.5 Å². The average Bonchev–Trinajstić information content (AvgIpc) is 2.01. The number of rotatable bonds is 1. The summed E-state index contributed by atoms with van der Waals surface area (Å²) in [6, 6.07) is -0.899. The maximum atomic E-state index is 10.1. The predicted molar refractivity (Wildman–Crippen MR) is 39.1 cm³/mol. The third-order valence-electron chi connectivity index (χ3n) is 2.04. The fraction of sp³-hybridized carbons (Fsp3) is 1.00.